The Hall–Kier alpha value is -1.49. The van der Waals surface area contributed by atoms with Gasteiger partial charge >= 0.3 is 0 Å². The summed E-state index contributed by atoms with van der Waals surface area (Å²) in [6, 6.07) is 7.20. The predicted molar refractivity (Wildman–Crippen MR) is 76.3 cm³/mol. The van der Waals surface area contributed by atoms with Gasteiger partial charge in [0, 0.05) is 6.42 Å². The lowest BCUT2D eigenvalue weighted by atomic mass is 9.81. The Morgan fingerprint density at radius 3 is 2.67 bits per heavy atom. The molecule has 1 saturated heterocycles. The third-order valence-corrected chi connectivity index (χ3v) is 4.53. The number of rotatable bonds is 2. The van der Waals surface area contributed by atoms with Crippen LogP contribution in [0.25, 0.3) is 0 Å². The maximum absolute atomic E-state index is 13.2. The highest BCUT2D eigenvalue weighted by atomic mass is 19.3. The number of hydrogen-bond donors (Lipinski definition) is 2. The van der Waals surface area contributed by atoms with E-state index in [0.29, 0.717) is 5.92 Å². The minimum Gasteiger partial charge on any atom is -0.348 e. The van der Waals surface area contributed by atoms with Crippen LogP contribution in [0, 0.1) is 0 Å². The monoisotopic (exact) mass is 294 g/mol. The van der Waals surface area contributed by atoms with E-state index >= 15 is 0 Å². The van der Waals surface area contributed by atoms with E-state index in [2.05, 4.69) is 23.6 Å². The van der Waals surface area contributed by atoms with E-state index in [1.54, 1.807) is 0 Å². The molecule has 2 aliphatic rings. The van der Waals surface area contributed by atoms with Gasteiger partial charge in [-0.15, -0.1) is 0 Å². The van der Waals surface area contributed by atoms with Gasteiger partial charge in [-0.1, -0.05) is 31.2 Å². The number of fused-ring (bicyclic) bond motifs is 1. The van der Waals surface area contributed by atoms with Crippen LogP contribution in [-0.4, -0.2) is 24.4 Å². The van der Waals surface area contributed by atoms with Gasteiger partial charge in [-0.25, -0.2) is 8.78 Å². The third-order valence-electron chi connectivity index (χ3n) is 4.53. The van der Waals surface area contributed by atoms with Crippen LogP contribution in [0.2, 0.25) is 0 Å². The molecule has 0 spiro atoms. The fourth-order valence-electron chi connectivity index (χ4n) is 3.33. The second-order valence-corrected chi connectivity index (χ2v) is 6.16. The zero-order chi connectivity index (χ0) is 15.0. The van der Waals surface area contributed by atoms with Crippen LogP contribution in [0.5, 0.6) is 0 Å². The van der Waals surface area contributed by atoms with Crippen molar-refractivity contribution in [2.24, 2.45) is 0 Å². The second kappa shape index (κ2) is 5.37. The molecule has 5 heteroatoms. The maximum atomic E-state index is 13.2. The molecule has 2 N–H and O–H groups in total. The number of benzene rings is 1. The molecular weight excluding hydrogens is 274 g/mol. The first-order valence-electron chi connectivity index (χ1n) is 7.47. The fourth-order valence-corrected chi connectivity index (χ4v) is 3.33. The number of carbonyl (C=O) groups is 1. The standard InChI is InChI=1S/C16H20F2N2O/c1-10-6-7-13(12-5-3-2-4-11(10)12)20-15(21)14-8-16(17,18)9-19-14/h2-5,10,13-14,19H,6-9H2,1H3,(H,20,21). The molecule has 3 nitrogen and oxygen atoms in total. The molecule has 1 aromatic rings. The Balaban J connectivity index is 1.71. The molecule has 0 radical (unpaired) electrons. The third kappa shape index (κ3) is 2.93. The summed E-state index contributed by atoms with van der Waals surface area (Å²) in [4.78, 5) is 12.2. The van der Waals surface area contributed by atoms with Crippen LogP contribution in [-0.2, 0) is 4.79 Å². The van der Waals surface area contributed by atoms with Gasteiger partial charge in [-0.05, 0) is 29.9 Å². The molecular formula is C16H20F2N2O. The summed E-state index contributed by atoms with van der Waals surface area (Å²) < 4.78 is 26.4. The quantitative estimate of drug-likeness (QED) is 0.880. The van der Waals surface area contributed by atoms with E-state index in [0.717, 1.165) is 18.4 Å². The Morgan fingerprint density at radius 2 is 2.00 bits per heavy atom. The molecule has 1 fully saturated rings. The fraction of sp³-hybridized carbons (Fsp3) is 0.562. The number of alkyl halides is 2. The highest BCUT2D eigenvalue weighted by Crippen LogP contribution is 2.37. The average molecular weight is 294 g/mol. The van der Waals surface area contributed by atoms with Gasteiger partial charge in [-0.3, -0.25) is 10.1 Å². The van der Waals surface area contributed by atoms with E-state index < -0.39 is 24.9 Å². The Kier molecular flexibility index (Phi) is 3.69. The van der Waals surface area contributed by atoms with Gasteiger partial charge in [-0.2, -0.15) is 0 Å². The van der Waals surface area contributed by atoms with Crippen LogP contribution < -0.4 is 10.6 Å². The minimum absolute atomic E-state index is 0.0686. The average Bonchev–Trinajstić information content (AvgIpc) is 2.83. The molecule has 0 aromatic heterocycles. The zero-order valence-electron chi connectivity index (χ0n) is 12.0. The number of carbonyl (C=O) groups excluding carboxylic acids is 1. The molecule has 1 amide bonds. The molecule has 114 valence electrons. The topological polar surface area (TPSA) is 41.1 Å². The van der Waals surface area contributed by atoms with Crippen LogP contribution in [0.3, 0.4) is 0 Å². The highest BCUT2D eigenvalue weighted by Gasteiger charge is 2.42. The summed E-state index contributed by atoms with van der Waals surface area (Å²) >= 11 is 0. The Labute approximate surface area is 123 Å². The number of hydrogen-bond acceptors (Lipinski definition) is 2. The predicted octanol–water partition coefficient (Wildman–Crippen LogP) is 2.74. The first-order valence-corrected chi connectivity index (χ1v) is 7.47. The van der Waals surface area contributed by atoms with Crippen molar-refractivity contribution < 1.29 is 13.6 Å². The van der Waals surface area contributed by atoms with Gasteiger partial charge in [0.15, 0.2) is 0 Å². The molecule has 0 saturated carbocycles. The van der Waals surface area contributed by atoms with Crippen molar-refractivity contribution in [1.29, 1.82) is 0 Å². The SMILES string of the molecule is CC1CCC(NC(=O)C2CC(F)(F)CN2)c2ccccc21. The van der Waals surface area contributed by atoms with Crippen molar-refractivity contribution in [3.63, 3.8) is 0 Å². The van der Waals surface area contributed by atoms with Crippen LogP contribution >= 0.6 is 0 Å². The Morgan fingerprint density at radius 1 is 1.29 bits per heavy atom. The lowest BCUT2D eigenvalue weighted by molar-refractivity contribution is -0.124. The number of amides is 1. The lowest BCUT2D eigenvalue weighted by Crippen LogP contribution is -2.42. The maximum Gasteiger partial charge on any atom is 0.262 e. The summed E-state index contributed by atoms with van der Waals surface area (Å²) in [6.07, 6.45) is 1.44. The normalized spacial score (nSPS) is 30.7. The van der Waals surface area contributed by atoms with Crippen molar-refractivity contribution >= 4 is 5.91 Å². The van der Waals surface area contributed by atoms with Crippen LogP contribution in [0.4, 0.5) is 8.78 Å². The van der Waals surface area contributed by atoms with Crippen molar-refractivity contribution in [3.8, 4) is 0 Å². The lowest BCUT2D eigenvalue weighted by Gasteiger charge is -2.31. The molecule has 1 aliphatic carbocycles. The molecule has 3 atom stereocenters. The van der Waals surface area contributed by atoms with Crippen LogP contribution in [0.1, 0.15) is 49.3 Å². The van der Waals surface area contributed by atoms with Gasteiger partial charge in [0.05, 0.1) is 18.6 Å². The molecule has 3 unspecified atom stereocenters. The largest absolute Gasteiger partial charge is 0.348 e. The molecule has 1 heterocycles. The summed E-state index contributed by atoms with van der Waals surface area (Å²) in [5.74, 6) is -2.62. The van der Waals surface area contributed by atoms with Crippen molar-refractivity contribution in [2.75, 3.05) is 6.54 Å². The number of nitrogens with one attached hydrogen (secondary N) is 2. The van der Waals surface area contributed by atoms with E-state index in [1.807, 2.05) is 18.2 Å². The second-order valence-electron chi connectivity index (χ2n) is 6.16. The zero-order valence-corrected chi connectivity index (χ0v) is 12.0. The minimum atomic E-state index is -2.78. The van der Waals surface area contributed by atoms with Gasteiger partial charge in [0.25, 0.3) is 5.92 Å². The summed E-state index contributed by atoms with van der Waals surface area (Å²) in [7, 11) is 0. The van der Waals surface area contributed by atoms with Gasteiger partial charge in [0.2, 0.25) is 5.91 Å². The molecule has 1 aromatic carbocycles. The number of halogens is 2. The van der Waals surface area contributed by atoms with E-state index in [1.165, 1.54) is 5.56 Å². The smallest absolute Gasteiger partial charge is 0.262 e. The van der Waals surface area contributed by atoms with E-state index in [4.69, 9.17) is 0 Å². The van der Waals surface area contributed by atoms with Crippen molar-refractivity contribution in [2.45, 2.75) is 50.1 Å². The molecule has 0 bridgehead atoms. The first-order chi connectivity index (χ1) is 9.96. The van der Waals surface area contributed by atoms with Gasteiger partial charge < -0.3 is 5.32 Å². The molecule has 1 aliphatic heterocycles. The van der Waals surface area contributed by atoms with Crippen LogP contribution in [0.15, 0.2) is 24.3 Å². The van der Waals surface area contributed by atoms with Gasteiger partial charge in [0.1, 0.15) is 0 Å². The van der Waals surface area contributed by atoms with E-state index in [-0.39, 0.29) is 11.9 Å². The summed E-state index contributed by atoms with van der Waals surface area (Å²) in [5.41, 5.74) is 2.37. The highest BCUT2D eigenvalue weighted by molar-refractivity contribution is 5.82. The summed E-state index contributed by atoms with van der Waals surface area (Å²) in [5, 5.41) is 5.55. The van der Waals surface area contributed by atoms with E-state index in [9.17, 15) is 13.6 Å². The molecule has 21 heavy (non-hydrogen) atoms. The first kappa shape index (κ1) is 14.4. The van der Waals surface area contributed by atoms with Crippen molar-refractivity contribution in [1.82, 2.24) is 10.6 Å². The summed E-state index contributed by atoms with van der Waals surface area (Å²) in [6.45, 7) is 1.76. The molecule has 3 rings (SSSR count). The Bertz CT molecular complexity index is 547. The van der Waals surface area contributed by atoms with Crippen molar-refractivity contribution in [3.05, 3.63) is 35.4 Å².